The van der Waals surface area contributed by atoms with Crippen LogP contribution in [0.25, 0.3) is 0 Å². The number of benzene rings is 1. The molecule has 1 aromatic carbocycles. The lowest BCUT2D eigenvalue weighted by atomic mass is 10.3. The molecule has 70 valence electrons. The van der Waals surface area contributed by atoms with E-state index in [-0.39, 0.29) is 11.7 Å². The second-order valence-corrected chi connectivity index (χ2v) is 2.95. The van der Waals surface area contributed by atoms with E-state index < -0.39 is 0 Å². The van der Waals surface area contributed by atoms with Crippen LogP contribution >= 0.6 is 12.6 Å². The molecule has 0 spiro atoms. The van der Waals surface area contributed by atoms with Crippen molar-refractivity contribution in [3.8, 4) is 0 Å². The third-order valence-electron chi connectivity index (χ3n) is 1.82. The number of carbonyl (C=O) groups excluding carboxylic acids is 1. The van der Waals surface area contributed by atoms with Crippen LogP contribution in [-0.4, -0.2) is 18.2 Å². The van der Waals surface area contributed by atoms with Gasteiger partial charge in [-0.05, 0) is 19.1 Å². The number of hydrogen-bond acceptors (Lipinski definition) is 2. The summed E-state index contributed by atoms with van der Waals surface area (Å²) in [5.41, 5.74) is 0.934. The highest BCUT2D eigenvalue weighted by atomic mass is 32.1. The van der Waals surface area contributed by atoms with Crippen LogP contribution in [-0.2, 0) is 4.79 Å². The molecule has 3 heteroatoms. The van der Waals surface area contributed by atoms with Crippen LogP contribution in [0.3, 0.4) is 0 Å². The number of hydrogen-bond donors (Lipinski definition) is 1. The van der Waals surface area contributed by atoms with E-state index >= 15 is 0 Å². The molecule has 1 amide bonds. The molecule has 0 atom stereocenters. The molecular weight excluding hydrogens is 182 g/mol. The second-order valence-electron chi connectivity index (χ2n) is 2.63. The highest BCUT2D eigenvalue weighted by molar-refractivity contribution is 7.81. The molecular formula is C10H13NOS. The predicted molar refractivity (Wildman–Crippen MR) is 58.3 cm³/mol. The molecule has 0 heterocycles. The summed E-state index contributed by atoms with van der Waals surface area (Å²) >= 11 is 3.97. The summed E-state index contributed by atoms with van der Waals surface area (Å²) in [5, 5.41) is 0. The molecule has 0 aromatic heterocycles. The van der Waals surface area contributed by atoms with Crippen LogP contribution < -0.4 is 4.90 Å². The van der Waals surface area contributed by atoms with Crippen molar-refractivity contribution in [1.82, 2.24) is 0 Å². The molecule has 1 rings (SSSR count). The summed E-state index contributed by atoms with van der Waals surface area (Å²) in [4.78, 5) is 13.1. The van der Waals surface area contributed by atoms with E-state index in [1.165, 1.54) is 0 Å². The molecule has 0 bridgehead atoms. The van der Waals surface area contributed by atoms with Gasteiger partial charge in [-0.25, -0.2) is 0 Å². The van der Waals surface area contributed by atoms with Crippen LogP contribution in [0.15, 0.2) is 30.3 Å². The Morgan fingerprint density at radius 2 is 2.00 bits per heavy atom. The van der Waals surface area contributed by atoms with Crippen molar-refractivity contribution in [2.24, 2.45) is 0 Å². The molecule has 0 N–H and O–H groups in total. The summed E-state index contributed by atoms with van der Waals surface area (Å²) in [5.74, 6) is 0.292. The van der Waals surface area contributed by atoms with E-state index in [4.69, 9.17) is 0 Å². The van der Waals surface area contributed by atoms with Crippen LogP contribution in [0, 0.1) is 0 Å². The van der Waals surface area contributed by atoms with E-state index in [2.05, 4.69) is 12.6 Å². The maximum Gasteiger partial charge on any atom is 0.236 e. The molecule has 1 aromatic rings. The Morgan fingerprint density at radius 1 is 1.38 bits per heavy atom. The minimum atomic E-state index is 0.0389. The molecule has 0 aliphatic rings. The molecule has 0 aliphatic heterocycles. The first-order chi connectivity index (χ1) is 6.29. The van der Waals surface area contributed by atoms with E-state index in [1.807, 2.05) is 37.3 Å². The highest BCUT2D eigenvalue weighted by Crippen LogP contribution is 2.12. The molecule has 0 saturated carbocycles. The SMILES string of the molecule is CCN(C(=O)CS)c1ccccc1. The van der Waals surface area contributed by atoms with E-state index in [0.29, 0.717) is 6.54 Å². The number of nitrogens with zero attached hydrogens (tertiary/aromatic N) is 1. The summed E-state index contributed by atoms with van der Waals surface area (Å²) in [6, 6.07) is 9.62. The standard InChI is InChI=1S/C10H13NOS/c1-2-11(10(12)8-13)9-6-4-3-5-7-9/h3-7,13H,2,8H2,1H3. The van der Waals surface area contributed by atoms with Crippen molar-refractivity contribution in [2.45, 2.75) is 6.92 Å². The number of para-hydroxylation sites is 1. The summed E-state index contributed by atoms with van der Waals surface area (Å²) in [6.45, 7) is 2.64. The first-order valence-electron chi connectivity index (χ1n) is 4.26. The van der Waals surface area contributed by atoms with Gasteiger partial charge < -0.3 is 4.90 Å². The molecule has 0 saturated heterocycles. The second kappa shape index (κ2) is 4.92. The van der Waals surface area contributed by atoms with Gasteiger partial charge in [0, 0.05) is 12.2 Å². The monoisotopic (exact) mass is 195 g/mol. The average molecular weight is 195 g/mol. The van der Waals surface area contributed by atoms with Crippen molar-refractivity contribution in [3.63, 3.8) is 0 Å². The molecule has 0 fully saturated rings. The quantitative estimate of drug-likeness (QED) is 0.731. The van der Waals surface area contributed by atoms with Crippen LogP contribution in [0.5, 0.6) is 0 Å². The zero-order chi connectivity index (χ0) is 9.68. The lowest BCUT2D eigenvalue weighted by Gasteiger charge is -2.19. The fourth-order valence-electron chi connectivity index (χ4n) is 1.20. The maximum absolute atomic E-state index is 11.4. The van der Waals surface area contributed by atoms with Crippen LogP contribution in [0.1, 0.15) is 6.92 Å². The molecule has 0 aliphatic carbocycles. The smallest absolute Gasteiger partial charge is 0.236 e. The average Bonchev–Trinajstić information content (AvgIpc) is 2.20. The Bertz CT molecular complexity index is 274. The third-order valence-corrected chi connectivity index (χ3v) is 2.09. The Morgan fingerprint density at radius 3 is 2.46 bits per heavy atom. The zero-order valence-electron chi connectivity index (χ0n) is 7.60. The summed E-state index contributed by atoms with van der Waals surface area (Å²) < 4.78 is 0. The Kier molecular flexibility index (Phi) is 3.83. The molecule has 2 nitrogen and oxygen atoms in total. The molecule has 0 radical (unpaired) electrons. The number of carbonyl (C=O) groups is 1. The lowest BCUT2D eigenvalue weighted by molar-refractivity contribution is -0.116. The van der Waals surface area contributed by atoms with Gasteiger partial charge in [0.05, 0.1) is 5.75 Å². The first-order valence-corrected chi connectivity index (χ1v) is 4.89. The first kappa shape index (κ1) is 10.1. The maximum atomic E-state index is 11.4. The minimum Gasteiger partial charge on any atom is -0.312 e. The number of amides is 1. The zero-order valence-corrected chi connectivity index (χ0v) is 8.50. The number of thiol groups is 1. The predicted octanol–water partition coefficient (Wildman–Crippen LogP) is 1.97. The molecule has 13 heavy (non-hydrogen) atoms. The van der Waals surface area contributed by atoms with E-state index in [0.717, 1.165) is 5.69 Å². The minimum absolute atomic E-state index is 0.0389. The van der Waals surface area contributed by atoms with E-state index in [9.17, 15) is 4.79 Å². The third kappa shape index (κ3) is 2.49. The summed E-state index contributed by atoms with van der Waals surface area (Å²) in [7, 11) is 0. The van der Waals surface area contributed by atoms with Gasteiger partial charge in [-0.15, -0.1) is 0 Å². The largest absolute Gasteiger partial charge is 0.312 e. The van der Waals surface area contributed by atoms with Gasteiger partial charge >= 0.3 is 0 Å². The van der Waals surface area contributed by atoms with Gasteiger partial charge in [0.15, 0.2) is 0 Å². The van der Waals surface area contributed by atoms with Gasteiger partial charge in [-0.2, -0.15) is 12.6 Å². The van der Waals surface area contributed by atoms with Crippen LogP contribution in [0.4, 0.5) is 5.69 Å². The summed E-state index contributed by atoms with van der Waals surface area (Å²) in [6.07, 6.45) is 0. The van der Waals surface area contributed by atoms with Gasteiger partial charge in [0.1, 0.15) is 0 Å². The van der Waals surface area contributed by atoms with Crippen molar-refractivity contribution in [3.05, 3.63) is 30.3 Å². The lowest BCUT2D eigenvalue weighted by Crippen LogP contribution is -2.31. The number of anilines is 1. The highest BCUT2D eigenvalue weighted by Gasteiger charge is 2.10. The fourth-order valence-corrected chi connectivity index (χ4v) is 1.37. The molecule has 0 unspecified atom stereocenters. The Balaban J connectivity index is 2.85. The van der Waals surface area contributed by atoms with Crippen molar-refractivity contribution in [2.75, 3.05) is 17.2 Å². The van der Waals surface area contributed by atoms with Crippen molar-refractivity contribution in [1.29, 1.82) is 0 Å². The van der Waals surface area contributed by atoms with Crippen molar-refractivity contribution < 1.29 is 4.79 Å². The number of rotatable bonds is 3. The fraction of sp³-hybridized carbons (Fsp3) is 0.300. The van der Waals surface area contributed by atoms with Gasteiger partial charge in [0.25, 0.3) is 0 Å². The van der Waals surface area contributed by atoms with Gasteiger partial charge in [-0.1, -0.05) is 18.2 Å². The van der Waals surface area contributed by atoms with Crippen LogP contribution in [0.2, 0.25) is 0 Å². The van der Waals surface area contributed by atoms with Gasteiger partial charge in [-0.3, -0.25) is 4.79 Å². The Hall–Kier alpha value is -0.960. The Labute approximate surface area is 84.0 Å². The topological polar surface area (TPSA) is 20.3 Å². The van der Waals surface area contributed by atoms with Gasteiger partial charge in [0.2, 0.25) is 5.91 Å². The normalized spacial score (nSPS) is 9.69. The van der Waals surface area contributed by atoms with Crippen molar-refractivity contribution >= 4 is 24.2 Å². The van der Waals surface area contributed by atoms with E-state index in [1.54, 1.807) is 4.90 Å².